The van der Waals surface area contributed by atoms with Crippen LogP contribution in [0.5, 0.6) is 11.5 Å². The number of nitriles is 1. The molecule has 17 nitrogen and oxygen atoms in total. The van der Waals surface area contributed by atoms with Crippen LogP contribution in [-0.4, -0.2) is 142 Å². The van der Waals surface area contributed by atoms with E-state index in [2.05, 4.69) is 26.5 Å². The molecule has 3 aromatic rings. The number of pyridine rings is 1. The normalized spacial score (nSPS) is 22.6. The Kier molecular flexibility index (Phi) is 14.3. The van der Waals surface area contributed by atoms with Crippen LogP contribution in [0.3, 0.4) is 0 Å². The molecular formula is C49H58ClFN8O9. The third-order valence-corrected chi connectivity index (χ3v) is 14.4. The van der Waals surface area contributed by atoms with Gasteiger partial charge in [-0.1, -0.05) is 39.3 Å². The summed E-state index contributed by atoms with van der Waals surface area (Å²) in [6, 6.07) is 10.0. The van der Waals surface area contributed by atoms with Crippen molar-refractivity contribution in [1.82, 2.24) is 25.4 Å². The van der Waals surface area contributed by atoms with Gasteiger partial charge in [0.2, 0.25) is 11.8 Å². The summed E-state index contributed by atoms with van der Waals surface area (Å²) in [5, 5.41) is 15.1. The Hall–Kier alpha value is -5.87. The number of benzene rings is 2. The van der Waals surface area contributed by atoms with Gasteiger partial charge in [0.1, 0.15) is 48.0 Å². The molecule has 5 amide bonds. The first-order valence-electron chi connectivity index (χ1n) is 23.2. The Morgan fingerprint density at radius 2 is 1.60 bits per heavy atom. The molecule has 5 heterocycles. The van der Waals surface area contributed by atoms with Crippen molar-refractivity contribution in [3.63, 3.8) is 0 Å². The molecule has 0 radical (unpaired) electrons. The summed E-state index contributed by atoms with van der Waals surface area (Å²) in [7, 11) is 1.61. The molecule has 1 atom stereocenters. The lowest BCUT2D eigenvalue weighted by atomic mass is 9.49. The molecule has 1 saturated carbocycles. The number of anilines is 2. The number of nitrogens with one attached hydrogen (secondary N) is 2. The minimum Gasteiger partial charge on any atom is -0.490 e. The van der Waals surface area contributed by atoms with Gasteiger partial charge < -0.3 is 34.1 Å². The molecule has 4 aliphatic heterocycles. The first-order valence-corrected chi connectivity index (χ1v) is 23.5. The minimum atomic E-state index is -1.12. The van der Waals surface area contributed by atoms with Crippen molar-refractivity contribution in [2.24, 2.45) is 16.7 Å². The number of carbonyl (C=O) groups excluding carboxylic acids is 5. The van der Waals surface area contributed by atoms with Crippen LogP contribution in [0.25, 0.3) is 0 Å². The summed E-state index contributed by atoms with van der Waals surface area (Å²) in [5.74, 6) is -1.43. The summed E-state index contributed by atoms with van der Waals surface area (Å²) in [4.78, 5) is 77.0. The zero-order valence-corrected chi connectivity index (χ0v) is 39.8. The van der Waals surface area contributed by atoms with Gasteiger partial charge in [0.15, 0.2) is 0 Å². The van der Waals surface area contributed by atoms with Crippen LogP contribution in [-0.2, 0) is 19.1 Å². The van der Waals surface area contributed by atoms with E-state index in [4.69, 9.17) is 35.5 Å². The summed E-state index contributed by atoms with van der Waals surface area (Å²) in [6.07, 6.45) is 3.16. The Bertz CT molecular complexity index is 2490. The molecule has 0 bridgehead atoms. The number of aromatic nitrogens is 1. The van der Waals surface area contributed by atoms with Crippen molar-refractivity contribution in [2.75, 3.05) is 89.2 Å². The molecule has 19 heteroatoms. The van der Waals surface area contributed by atoms with Crippen molar-refractivity contribution < 1.29 is 47.3 Å². The van der Waals surface area contributed by atoms with E-state index in [-0.39, 0.29) is 54.3 Å². The Morgan fingerprint density at radius 3 is 2.26 bits per heavy atom. The van der Waals surface area contributed by atoms with Gasteiger partial charge in [-0.25, -0.2) is 9.37 Å². The monoisotopic (exact) mass is 956 g/mol. The number of rotatable bonds is 16. The molecule has 3 saturated heterocycles. The van der Waals surface area contributed by atoms with Gasteiger partial charge in [-0.2, -0.15) is 5.26 Å². The number of fused-ring (bicyclic) bond motifs is 1. The predicted molar refractivity (Wildman–Crippen MR) is 248 cm³/mol. The molecule has 362 valence electrons. The molecular weight excluding hydrogens is 899 g/mol. The minimum absolute atomic E-state index is 0.00180. The van der Waals surface area contributed by atoms with E-state index in [0.717, 1.165) is 43.4 Å². The van der Waals surface area contributed by atoms with Gasteiger partial charge >= 0.3 is 0 Å². The first-order chi connectivity index (χ1) is 32.5. The first kappa shape index (κ1) is 48.6. The number of halogens is 2. The maximum atomic E-state index is 15.6. The van der Waals surface area contributed by atoms with Crippen molar-refractivity contribution >= 4 is 52.6 Å². The van der Waals surface area contributed by atoms with Crippen LogP contribution in [0.15, 0.2) is 42.6 Å². The summed E-state index contributed by atoms with van der Waals surface area (Å²) in [6.45, 7) is 14.4. The lowest BCUT2D eigenvalue weighted by Gasteiger charge is -2.63. The zero-order chi connectivity index (χ0) is 48.5. The second-order valence-corrected chi connectivity index (χ2v) is 19.7. The van der Waals surface area contributed by atoms with Crippen LogP contribution in [0.4, 0.5) is 15.9 Å². The Morgan fingerprint density at radius 1 is 0.912 bits per heavy atom. The highest BCUT2D eigenvalue weighted by Crippen LogP contribution is 2.56. The molecule has 0 spiro atoms. The Balaban J connectivity index is 0.862. The third-order valence-electron chi connectivity index (χ3n) is 14.1. The van der Waals surface area contributed by atoms with Crippen LogP contribution in [0.1, 0.15) is 90.0 Å². The van der Waals surface area contributed by atoms with Gasteiger partial charge in [0.05, 0.1) is 52.8 Å². The van der Waals surface area contributed by atoms with Gasteiger partial charge in [-0.05, 0) is 49.4 Å². The number of piperidine rings is 2. The molecule has 8 rings (SSSR count). The number of amides is 5. The topological polar surface area (TPSA) is 196 Å². The molecule has 1 aliphatic carbocycles. The van der Waals surface area contributed by atoms with Crippen LogP contribution in [0, 0.1) is 33.9 Å². The number of hydrogen-bond acceptors (Lipinski definition) is 14. The number of carbonyl (C=O) groups is 5. The summed E-state index contributed by atoms with van der Waals surface area (Å²) in [5.41, 5.74) is -0.0670. The number of nitrogens with zero attached hydrogens (tertiary/aromatic N) is 6. The number of hydrogen-bond donors (Lipinski definition) is 2. The second kappa shape index (κ2) is 20.0. The standard InChI is InChI=1S/C49H58ClFN8O9/c1-48(2)46(49(3,4)47(48)68-31-7-6-30(26-52)35(50)22-31)55-42(61)34-27-53-40(25-39(34)67-21-20-66-19-18-65-5)58-12-10-29(11-13-58)28-56-14-16-57(17-15-56)38-24-33-32(23-36(38)51)44(63)59(45(33)64)37-8-9-41(60)54-43(37)62/h6-7,22-25,27,29,37,46-47H,8-21,28H2,1-5H3,(H,55,61)(H,54,60,62). The quantitative estimate of drug-likeness (QED) is 0.146. The van der Waals surface area contributed by atoms with Gasteiger partial charge in [-0.15, -0.1) is 0 Å². The van der Waals surface area contributed by atoms with E-state index in [1.807, 2.05) is 38.7 Å². The number of methoxy groups -OCH3 is 1. The van der Waals surface area contributed by atoms with E-state index < -0.39 is 46.3 Å². The highest BCUT2D eigenvalue weighted by molar-refractivity contribution is 6.31. The molecule has 2 aromatic carbocycles. The van der Waals surface area contributed by atoms with Crippen LogP contribution < -0.4 is 29.9 Å². The fraction of sp³-hybridized carbons (Fsp3) is 0.531. The highest BCUT2D eigenvalue weighted by atomic mass is 35.5. The van der Waals surface area contributed by atoms with Gasteiger partial charge in [0, 0.05) is 94.5 Å². The number of piperazine rings is 1. The Labute approximate surface area is 400 Å². The summed E-state index contributed by atoms with van der Waals surface area (Å²) >= 11 is 6.30. The van der Waals surface area contributed by atoms with Gasteiger partial charge in [0.25, 0.3) is 17.7 Å². The van der Waals surface area contributed by atoms with Crippen LogP contribution >= 0.6 is 11.6 Å². The predicted octanol–water partition coefficient (Wildman–Crippen LogP) is 4.84. The molecule has 2 N–H and O–H groups in total. The van der Waals surface area contributed by atoms with Crippen LogP contribution in [0.2, 0.25) is 5.02 Å². The van der Waals surface area contributed by atoms with E-state index >= 15 is 4.39 Å². The van der Waals surface area contributed by atoms with Crippen molar-refractivity contribution in [3.8, 4) is 17.6 Å². The SMILES string of the molecule is COCCOCCOc1cc(N2CCC(CN3CCN(c4cc5c(cc4F)C(=O)N(C4CCC(=O)NC4=O)C5=O)CC3)CC2)ncc1C(=O)NC1C(C)(C)C(Oc2ccc(C#N)c(Cl)c2)C1(C)C. The highest BCUT2D eigenvalue weighted by Gasteiger charge is 2.64. The van der Waals surface area contributed by atoms with E-state index in [1.54, 1.807) is 31.5 Å². The van der Waals surface area contributed by atoms with Gasteiger partial charge in [-0.3, -0.25) is 39.1 Å². The largest absolute Gasteiger partial charge is 0.490 e. The molecule has 5 aliphatic rings. The lowest BCUT2D eigenvalue weighted by Crippen LogP contribution is -2.74. The average molecular weight is 958 g/mol. The zero-order valence-electron chi connectivity index (χ0n) is 39.1. The van der Waals surface area contributed by atoms with Crippen molar-refractivity contribution in [2.45, 2.75) is 71.6 Å². The maximum absolute atomic E-state index is 15.6. The van der Waals surface area contributed by atoms with E-state index in [1.165, 1.54) is 6.07 Å². The van der Waals surface area contributed by atoms with Crippen molar-refractivity contribution in [1.29, 1.82) is 5.26 Å². The maximum Gasteiger partial charge on any atom is 0.262 e. The lowest BCUT2D eigenvalue weighted by molar-refractivity contribution is -0.164. The fourth-order valence-electron chi connectivity index (χ4n) is 10.8. The second-order valence-electron chi connectivity index (χ2n) is 19.3. The third kappa shape index (κ3) is 9.71. The smallest absolute Gasteiger partial charge is 0.262 e. The number of imide groups is 2. The molecule has 1 aromatic heterocycles. The van der Waals surface area contributed by atoms with Crippen molar-refractivity contribution in [3.05, 3.63) is 75.7 Å². The fourth-order valence-corrected chi connectivity index (χ4v) is 11.0. The summed E-state index contributed by atoms with van der Waals surface area (Å²) < 4.78 is 39.0. The van der Waals surface area contributed by atoms with E-state index in [9.17, 15) is 29.2 Å². The molecule has 68 heavy (non-hydrogen) atoms. The number of ether oxygens (including phenoxy) is 4. The van der Waals surface area contributed by atoms with E-state index in [0.29, 0.717) is 85.4 Å². The molecule has 4 fully saturated rings. The molecule has 1 unspecified atom stereocenters. The average Bonchev–Trinajstić information content (AvgIpc) is 3.55.